The summed E-state index contributed by atoms with van der Waals surface area (Å²) >= 11 is 2.26. The lowest BCUT2D eigenvalue weighted by molar-refractivity contribution is -0.118. The Hall–Kier alpha value is -0.660. The van der Waals surface area contributed by atoms with Gasteiger partial charge in [-0.15, -0.1) is 0 Å². The highest BCUT2D eigenvalue weighted by Gasteiger charge is 2.24. The number of hydrogen-bond acceptors (Lipinski definition) is 3. The Labute approximate surface area is 140 Å². The molecule has 0 radical (unpaired) electrons. The molecule has 0 bridgehead atoms. The van der Waals surface area contributed by atoms with Crippen molar-refractivity contribution in [3.8, 4) is 0 Å². The van der Waals surface area contributed by atoms with Crippen molar-refractivity contribution in [1.29, 1.82) is 0 Å². The minimum Gasteiger partial charge on any atom is -0.395 e. The second-order valence-electron chi connectivity index (χ2n) is 5.64. The zero-order chi connectivity index (χ0) is 15.2. The molecule has 0 heterocycles. The number of aliphatic hydroxyl groups excluding tert-OH is 1. The van der Waals surface area contributed by atoms with Gasteiger partial charge in [-0.05, 0) is 66.1 Å². The van der Waals surface area contributed by atoms with Crippen LogP contribution in [-0.4, -0.2) is 41.7 Å². The quantitative estimate of drug-likeness (QED) is 0.720. The van der Waals surface area contributed by atoms with E-state index in [9.17, 15) is 9.90 Å². The van der Waals surface area contributed by atoms with Gasteiger partial charge in [0.25, 0.3) is 0 Å². The van der Waals surface area contributed by atoms with Crippen molar-refractivity contribution in [3.63, 3.8) is 0 Å². The molecule has 1 aliphatic carbocycles. The van der Waals surface area contributed by atoms with Gasteiger partial charge in [0, 0.05) is 21.8 Å². The summed E-state index contributed by atoms with van der Waals surface area (Å²) in [6.07, 6.45) is 4.72. The molecule has 0 atom stereocenters. The van der Waals surface area contributed by atoms with Gasteiger partial charge in [0.1, 0.15) is 0 Å². The molecule has 116 valence electrons. The van der Waals surface area contributed by atoms with E-state index in [0.29, 0.717) is 19.1 Å². The van der Waals surface area contributed by atoms with E-state index in [4.69, 9.17) is 0 Å². The number of rotatable bonds is 6. The first-order chi connectivity index (χ1) is 10.1. The van der Waals surface area contributed by atoms with Crippen molar-refractivity contribution in [3.05, 3.63) is 27.3 Å². The molecule has 2 N–H and O–H groups in total. The number of carbonyl (C=O) groups is 1. The average molecular weight is 402 g/mol. The normalized spacial score (nSPS) is 15.6. The third-order valence-corrected chi connectivity index (χ3v) is 4.71. The van der Waals surface area contributed by atoms with Crippen LogP contribution >= 0.6 is 22.6 Å². The highest BCUT2D eigenvalue weighted by molar-refractivity contribution is 14.1. The summed E-state index contributed by atoms with van der Waals surface area (Å²) in [6.45, 7) is 3.03. The largest absolute Gasteiger partial charge is 0.395 e. The minimum atomic E-state index is -0.000317. The lowest BCUT2D eigenvalue weighted by atomic mass is 10.2. The van der Waals surface area contributed by atoms with E-state index in [-0.39, 0.29) is 12.5 Å². The van der Waals surface area contributed by atoms with Gasteiger partial charge in [-0.2, -0.15) is 0 Å². The Morgan fingerprint density at radius 3 is 2.76 bits per heavy atom. The monoisotopic (exact) mass is 402 g/mol. The van der Waals surface area contributed by atoms with Crippen molar-refractivity contribution >= 4 is 34.2 Å². The number of anilines is 1. The predicted molar refractivity (Wildman–Crippen MR) is 93.4 cm³/mol. The first kappa shape index (κ1) is 16.7. The van der Waals surface area contributed by atoms with E-state index >= 15 is 0 Å². The van der Waals surface area contributed by atoms with Crippen molar-refractivity contribution in [2.24, 2.45) is 0 Å². The highest BCUT2D eigenvalue weighted by Crippen LogP contribution is 2.23. The van der Waals surface area contributed by atoms with Crippen LogP contribution in [-0.2, 0) is 4.79 Å². The zero-order valence-corrected chi connectivity index (χ0v) is 14.6. The number of hydrogen-bond donors (Lipinski definition) is 2. The van der Waals surface area contributed by atoms with Crippen molar-refractivity contribution in [2.75, 3.05) is 25.0 Å². The van der Waals surface area contributed by atoms with Crippen LogP contribution in [0.1, 0.15) is 31.2 Å². The molecule has 1 aliphatic rings. The molecule has 0 spiro atoms. The number of aryl methyl sites for hydroxylation is 1. The Kier molecular flexibility index (Phi) is 6.44. The summed E-state index contributed by atoms with van der Waals surface area (Å²) in [5, 5.41) is 12.2. The summed E-state index contributed by atoms with van der Waals surface area (Å²) in [7, 11) is 0. The Morgan fingerprint density at radius 1 is 1.43 bits per heavy atom. The van der Waals surface area contributed by atoms with Gasteiger partial charge in [-0.3, -0.25) is 9.69 Å². The van der Waals surface area contributed by atoms with E-state index in [1.165, 1.54) is 12.8 Å². The number of amides is 1. The standard InChI is InChI=1S/C16H23IN2O2/c1-12-10-13(17)6-7-15(12)18-16(21)11-19(8-9-20)14-4-2-3-5-14/h6-7,10,14,20H,2-5,8-9,11H2,1H3,(H,18,21). The zero-order valence-electron chi connectivity index (χ0n) is 12.4. The van der Waals surface area contributed by atoms with Gasteiger partial charge in [-0.1, -0.05) is 12.8 Å². The summed E-state index contributed by atoms with van der Waals surface area (Å²) in [4.78, 5) is 14.4. The summed E-state index contributed by atoms with van der Waals surface area (Å²) in [5.74, 6) is -0.000317. The number of aliphatic hydroxyl groups is 1. The molecular weight excluding hydrogens is 379 g/mol. The van der Waals surface area contributed by atoms with Crippen LogP contribution in [0.5, 0.6) is 0 Å². The van der Waals surface area contributed by atoms with Crippen LogP contribution in [0.25, 0.3) is 0 Å². The number of carbonyl (C=O) groups excluding carboxylic acids is 1. The van der Waals surface area contributed by atoms with E-state index in [1.807, 2.05) is 19.1 Å². The van der Waals surface area contributed by atoms with Crippen LogP contribution in [0, 0.1) is 10.5 Å². The van der Waals surface area contributed by atoms with E-state index in [1.54, 1.807) is 0 Å². The molecule has 1 fully saturated rings. The van der Waals surface area contributed by atoms with Gasteiger partial charge < -0.3 is 10.4 Å². The number of nitrogens with one attached hydrogen (secondary N) is 1. The molecule has 1 aromatic carbocycles. The van der Waals surface area contributed by atoms with E-state index < -0.39 is 0 Å². The third kappa shape index (κ3) is 4.93. The van der Waals surface area contributed by atoms with Gasteiger partial charge in [0.05, 0.1) is 13.2 Å². The second-order valence-corrected chi connectivity index (χ2v) is 6.89. The average Bonchev–Trinajstić information content (AvgIpc) is 2.95. The van der Waals surface area contributed by atoms with E-state index in [0.717, 1.165) is 27.7 Å². The smallest absolute Gasteiger partial charge is 0.238 e. The van der Waals surface area contributed by atoms with Crippen molar-refractivity contribution in [2.45, 2.75) is 38.6 Å². The van der Waals surface area contributed by atoms with Crippen LogP contribution in [0.2, 0.25) is 0 Å². The molecule has 1 amide bonds. The van der Waals surface area contributed by atoms with E-state index in [2.05, 4.69) is 38.9 Å². The van der Waals surface area contributed by atoms with Gasteiger partial charge in [0.15, 0.2) is 0 Å². The minimum absolute atomic E-state index is 0.000317. The SMILES string of the molecule is Cc1cc(I)ccc1NC(=O)CN(CCO)C1CCCC1. The fourth-order valence-electron chi connectivity index (χ4n) is 2.93. The summed E-state index contributed by atoms with van der Waals surface area (Å²) < 4.78 is 1.16. The highest BCUT2D eigenvalue weighted by atomic mass is 127. The van der Waals surface area contributed by atoms with Crippen molar-refractivity contribution in [1.82, 2.24) is 4.90 Å². The van der Waals surface area contributed by atoms with Crippen LogP contribution in [0.3, 0.4) is 0 Å². The maximum Gasteiger partial charge on any atom is 0.238 e. The molecule has 0 unspecified atom stereocenters. The van der Waals surface area contributed by atoms with Gasteiger partial charge >= 0.3 is 0 Å². The molecule has 4 nitrogen and oxygen atoms in total. The van der Waals surface area contributed by atoms with Crippen molar-refractivity contribution < 1.29 is 9.90 Å². The number of halogens is 1. The summed E-state index contributed by atoms with van der Waals surface area (Å²) in [6, 6.07) is 6.44. The molecule has 2 rings (SSSR count). The molecule has 21 heavy (non-hydrogen) atoms. The van der Waals surface area contributed by atoms with Gasteiger partial charge in [0.2, 0.25) is 5.91 Å². The molecule has 1 aromatic rings. The molecule has 5 heteroatoms. The molecule has 0 aromatic heterocycles. The van der Waals surface area contributed by atoms with Crippen LogP contribution < -0.4 is 5.32 Å². The number of nitrogens with zero attached hydrogens (tertiary/aromatic N) is 1. The Balaban J connectivity index is 1.95. The molecule has 0 saturated heterocycles. The molecule has 0 aliphatic heterocycles. The maximum atomic E-state index is 12.3. The summed E-state index contributed by atoms with van der Waals surface area (Å²) in [5.41, 5.74) is 1.95. The second kappa shape index (κ2) is 8.10. The lowest BCUT2D eigenvalue weighted by Crippen LogP contribution is -2.41. The maximum absolute atomic E-state index is 12.3. The Bertz CT molecular complexity index is 487. The fourth-order valence-corrected chi connectivity index (χ4v) is 3.58. The third-order valence-electron chi connectivity index (χ3n) is 4.04. The van der Waals surface area contributed by atoms with Crippen LogP contribution in [0.4, 0.5) is 5.69 Å². The Morgan fingerprint density at radius 2 is 2.14 bits per heavy atom. The molecule has 1 saturated carbocycles. The fraction of sp³-hybridized carbons (Fsp3) is 0.562. The van der Waals surface area contributed by atoms with Gasteiger partial charge in [-0.25, -0.2) is 0 Å². The topological polar surface area (TPSA) is 52.6 Å². The lowest BCUT2D eigenvalue weighted by Gasteiger charge is -2.27. The first-order valence-electron chi connectivity index (χ1n) is 7.51. The number of benzene rings is 1. The first-order valence-corrected chi connectivity index (χ1v) is 8.59. The van der Waals surface area contributed by atoms with Crippen LogP contribution in [0.15, 0.2) is 18.2 Å². The predicted octanol–water partition coefficient (Wildman–Crippen LogP) is 2.78. The molecular formula is C16H23IN2O2.